The predicted octanol–water partition coefficient (Wildman–Crippen LogP) is 3.90. The number of benzene rings is 1. The Balaban J connectivity index is 1.40. The molecular formula is C24H23ClN8. The first-order valence-electron chi connectivity index (χ1n) is 10.9. The van der Waals surface area contributed by atoms with Crippen molar-refractivity contribution in [3.8, 4) is 17.5 Å². The van der Waals surface area contributed by atoms with Crippen molar-refractivity contribution in [2.24, 2.45) is 0 Å². The predicted molar refractivity (Wildman–Crippen MR) is 130 cm³/mol. The van der Waals surface area contributed by atoms with Crippen molar-refractivity contribution >= 4 is 28.9 Å². The van der Waals surface area contributed by atoms with Crippen LogP contribution in [0, 0.1) is 11.3 Å². The Morgan fingerprint density at radius 3 is 2.67 bits per heavy atom. The number of imidazole rings is 1. The number of nitrogens with one attached hydrogen (secondary N) is 2. The zero-order valence-corrected chi connectivity index (χ0v) is 18.9. The van der Waals surface area contributed by atoms with E-state index in [-0.39, 0.29) is 6.04 Å². The fourth-order valence-corrected chi connectivity index (χ4v) is 4.27. The molecule has 1 atom stereocenters. The summed E-state index contributed by atoms with van der Waals surface area (Å²) in [5.41, 5.74) is 4.54. The summed E-state index contributed by atoms with van der Waals surface area (Å²) < 4.78 is 1.83. The van der Waals surface area contributed by atoms with Gasteiger partial charge in [0.15, 0.2) is 5.65 Å². The van der Waals surface area contributed by atoms with Crippen molar-refractivity contribution in [3.63, 3.8) is 0 Å². The van der Waals surface area contributed by atoms with Gasteiger partial charge in [0.1, 0.15) is 11.8 Å². The molecule has 5 rings (SSSR count). The maximum atomic E-state index is 9.61. The van der Waals surface area contributed by atoms with Gasteiger partial charge in [-0.25, -0.2) is 15.0 Å². The Bertz CT molecular complexity index is 1320. The quantitative estimate of drug-likeness (QED) is 0.468. The molecule has 1 aliphatic rings. The first kappa shape index (κ1) is 21.2. The molecule has 0 bridgehead atoms. The van der Waals surface area contributed by atoms with Gasteiger partial charge in [0.25, 0.3) is 0 Å². The number of hydrogen-bond acceptors (Lipinski definition) is 7. The summed E-state index contributed by atoms with van der Waals surface area (Å²) in [5, 5.41) is 16.9. The Morgan fingerprint density at radius 2 is 1.91 bits per heavy atom. The van der Waals surface area contributed by atoms with E-state index in [0.29, 0.717) is 33.6 Å². The molecule has 9 heteroatoms. The lowest BCUT2D eigenvalue weighted by atomic mass is 10.1. The van der Waals surface area contributed by atoms with Crippen LogP contribution in [0.2, 0.25) is 5.02 Å². The zero-order chi connectivity index (χ0) is 22.8. The summed E-state index contributed by atoms with van der Waals surface area (Å²) in [7, 11) is 0. The molecule has 4 aromatic rings. The number of hydrogen-bond donors (Lipinski definition) is 2. The van der Waals surface area contributed by atoms with Crippen molar-refractivity contribution in [2.45, 2.75) is 13.0 Å². The highest BCUT2D eigenvalue weighted by atomic mass is 35.5. The normalized spacial score (nSPS) is 14.8. The summed E-state index contributed by atoms with van der Waals surface area (Å²) >= 11 is 6.26. The Kier molecular flexibility index (Phi) is 5.82. The van der Waals surface area contributed by atoms with Crippen molar-refractivity contribution in [2.75, 3.05) is 36.4 Å². The average molecular weight is 459 g/mol. The third kappa shape index (κ3) is 4.21. The highest BCUT2D eigenvalue weighted by Gasteiger charge is 2.17. The molecule has 1 fully saturated rings. The van der Waals surface area contributed by atoms with Gasteiger partial charge in [-0.1, -0.05) is 23.7 Å². The third-order valence-corrected chi connectivity index (χ3v) is 6.16. The zero-order valence-electron chi connectivity index (χ0n) is 18.2. The maximum absolute atomic E-state index is 9.61. The Labute approximate surface area is 196 Å². The number of fused-ring (bicyclic) bond motifs is 1. The maximum Gasteiger partial charge on any atom is 0.223 e. The van der Waals surface area contributed by atoms with Crippen LogP contribution in [0.3, 0.4) is 0 Å². The molecule has 33 heavy (non-hydrogen) atoms. The molecule has 1 aliphatic heterocycles. The molecule has 0 amide bonds. The molecule has 0 saturated carbocycles. The summed E-state index contributed by atoms with van der Waals surface area (Å²) in [5.74, 6) is 0.444. The summed E-state index contributed by atoms with van der Waals surface area (Å²) in [6.07, 6.45) is 5.06. The van der Waals surface area contributed by atoms with E-state index in [1.807, 2.05) is 16.7 Å². The van der Waals surface area contributed by atoms with E-state index >= 15 is 0 Å². The summed E-state index contributed by atoms with van der Waals surface area (Å²) in [6, 6.07) is 14.4. The van der Waals surface area contributed by atoms with Crippen LogP contribution in [0.15, 0.2) is 55.0 Å². The van der Waals surface area contributed by atoms with Crippen molar-refractivity contribution in [3.05, 3.63) is 71.1 Å². The molecule has 2 N–H and O–H groups in total. The van der Waals surface area contributed by atoms with E-state index in [9.17, 15) is 5.26 Å². The number of halogens is 1. The highest BCUT2D eigenvalue weighted by molar-refractivity contribution is 6.33. The summed E-state index contributed by atoms with van der Waals surface area (Å²) in [4.78, 5) is 15.8. The number of nitriles is 1. The van der Waals surface area contributed by atoms with Crippen LogP contribution in [0.4, 0.5) is 11.6 Å². The summed E-state index contributed by atoms with van der Waals surface area (Å²) in [6.45, 7) is 6.12. The minimum absolute atomic E-state index is 0.0144. The second-order valence-electron chi connectivity index (χ2n) is 7.96. The minimum Gasteiger partial charge on any atom is -0.369 e. The number of nitrogens with zero attached hydrogens (tertiary/aromatic N) is 6. The minimum atomic E-state index is -0.0144. The first-order valence-corrected chi connectivity index (χ1v) is 11.2. The number of pyridine rings is 1. The molecule has 1 saturated heterocycles. The molecule has 0 aliphatic carbocycles. The van der Waals surface area contributed by atoms with E-state index in [1.165, 1.54) is 11.9 Å². The largest absolute Gasteiger partial charge is 0.369 e. The van der Waals surface area contributed by atoms with Gasteiger partial charge < -0.3 is 15.5 Å². The van der Waals surface area contributed by atoms with Crippen LogP contribution in [-0.4, -0.2) is 45.5 Å². The fraction of sp³-hybridized carbons (Fsp3) is 0.250. The van der Waals surface area contributed by atoms with Gasteiger partial charge in [-0.15, -0.1) is 0 Å². The van der Waals surface area contributed by atoms with E-state index in [1.54, 1.807) is 12.3 Å². The van der Waals surface area contributed by atoms with Crippen molar-refractivity contribution in [1.29, 1.82) is 5.26 Å². The van der Waals surface area contributed by atoms with Gasteiger partial charge in [-0.05, 0) is 36.8 Å². The molecule has 4 heterocycles. The van der Waals surface area contributed by atoms with Crippen LogP contribution >= 0.6 is 11.6 Å². The van der Waals surface area contributed by atoms with Crippen LogP contribution in [0.5, 0.6) is 0 Å². The van der Waals surface area contributed by atoms with Crippen LogP contribution in [0.1, 0.15) is 24.1 Å². The lowest BCUT2D eigenvalue weighted by molar-refractivity contribution is 0.589. The van der Waals surface area contributed by atoms with E-state index in [0.717, 1.165) is 31.7 Å². The molecule has 8 nitrogen and oxygen atoms in total. The van der Waals surface area contributed by atoms with Crippen molar-refractivity contribution in [1.82, 2.24) is 24.7 Å². The highest BCUT2D eigenvalue weighted by Crippen LogP contribution is 2.27. The third-order valence-electron chi connectivity index (χ3n) is 5.86. The van der Waals surface area contributed by atoms with Crippen LogP contribution < -0.4 is 15.5 Å². The molecule has 1 aromatic carbocycles. The van der Waals surface area contributed by atoms with Gasteiger partial charge in [0.2, 0.25) is 5.95 Å². The van der Waals surface area contributed by atoms with E-state index < -0.39 is 0 Å². The Hall–Kier alpha value is -3.67. The van der Waals surface area contributed by atoms with Gasteiger partial charge in [-0.2, -0.15) is 5.26 Å². The first-order chi connectivity index (χ1) is 16.1. The molecule has 3 aromatic heterocycles. The Morgan fingerprint density at radius 1 is 1.12 bits per heavy atom. The monoisotopic (exact) mass is 458 g/mol. The smallest absolute Gasteiger partial charge is 0.223 e. The number of aromatic nitrogens is 4. The lowest BCUT2D eigenvalue weighted by Gasteiger charge is -2.29. The van der Waals surface area contributed by atoms with E-state index in [4.69, 9.17) is 11.6 Å². The van der Waals surface area contributed by atoms with Gasteiger partial charge >= 0.3 is 0 Å². The SMILES string of the molecule is C[C@H](Nc1ncc(C#N)c(-c2cnc3c(Cl)cccn23)n1)c1ccc(N2CCNCC2)cc1. The molecule has 0 unspecified atom stereocenters. The number of piperazine rings is 1. The van der Waals surface area contributed by atoms with E-state index in [2.05, 4.69) is 67.7 Å². The average Bonchev–Trinajstić information content (AvgIpc) is 3.30. The van der Waals surface area contributed by atoms with Crippen molar-refractivity contribution < 1.29 is 0 Å². The van der Waals surface area contributed by atoms with Gasteiger partial charge in [-0.3, -0.25) is 4.40 Å². The molecular weight excluding hydrogens is 436 g/mol. The van der Waals surface area contributed by atoms with Gasteiger partial charge in [0, 0.05) is 38.1 Å². The van der Waals surface area contributed by atoms with Crippen LogP contribution in [0.25, 0.3) is 17.0 Å². The second kappa shape index (κ2) is 9.06. The van der Waals surface area contributed by atoms with Crippen LogP contribution in [-0.2, 0) is 0 Å². The standard InChI is InChI=1S/C24H23ClN8/c1-16(17-4-6-19(7-5-17)32-11-8-27-9-12-32)30-24-29-14-18(13-26)22(31-24)21-15-28-23-20(25)3-2-10-33(21)23/h2-7,10,14-16,27H,8-9,11-12H2,1H3,(H,29,30,31)/t16-/m0/s1. The van der Waals surface area contributed by atoms with Gasteiger partial charge in [0.05, 0.1) is 34.7 Å². The molecule has 166 valence electrons. The number of anilines is 2. The topological polar surface area (TPSA) is 94.2 Å². The lowest BCUT2D eigenvalue weighted by Crippen LogP contribution is -2.43. The number of rotatable bonds is 5. The molecule has 0 spiro atoms. The fourth-order valence-electron chi connectivity index (χ4n) is 4.05. The molecule has 0 radical (unpaired) electrons. The second-order valence-corrected chi connectivity index (χ2v) is 8.36.